The second-order valence-electron chi connectivity index (χ2n) is 8.46. The molecule has 9 nitrogen and oxygen atoms in total. The summed E-state index contributed by atoms with van der Waals surface area (Å²) in [5, 5.41) is 5.70. The summed E-state index contributed by atoms with van der Waals surface area (Å²) in [7, 11) is 1.92. The second-order valence-corrected chi connectivity index (χ2v) is 8.46. The standard InChI is InChI=1S/C28H24FN7O2/c1-4-25(37)30-13-5-6-18-7-9-21-27(34-18)28(32-15-31-21)35-20-10-12-24(17(2)26(20)29)38-19-8-11-23-22(14-19)33-16-36(23)3/h4-12,14-16H,1,13H2,2-3H3,(H,30,37)(H,31,32,35)/b6-5+. The fourth-order valence-corrected chi connectivity index (χ4v) is 3.86. The number of benzene rings is 2. The molecule has 3 heterocycles. The normalized spacial score (nSPS) is 11.2. The zero-order valence-corrected chi connectivity index (χ0v) is 20.8. The lowest BCUT2D eigenvalue weighted by atomic mass is 10.1. The maximum absolute atomic E-state index is 15.4. The number of aryl methyl sites for hydroxylation is 1. The molecule has 0 fully saturated rings. The number of anilines is 2. The Morgan fingerprint density at radius 2 is 2.00 bits per heavy atom. The molecule has 0 aliphatic rings. The van der Waals surface area contributed by atoms with Crippen LogP contribution in [0.2, 0.25) is 0 Å². The number of amides is 1. The number of aromatic nitrogens is 5. The van der Waals surface area contributed by atoms with Gasteiger partial charge in [-0.2, -0.15) is 0 Å². The van der Waals surface area contributed by atoms with Crippen LogP contribution in [-0.4, -0.2) is 37.0 Å². The molecule has 10 heteroatoms. The van der Waals surface area contributed by atoms with Crippen molar-refractivity contribution in [2.45, 2.75) is 6.92 Å². The van der Waals surface area contributed by atoms with Gasteiger partial charge in [0.05, 0.1) is 34.3 Å². The number of pyridine rings is 1. The number of fused-ring (bicyclic) bond motifs is 2. The van der Waals surface area contributed by atoms with Crippen LogP contribution < -0.4 is 15.4 Å². The summed E-state index contributed by atoms with van der Waals surface area (Å²) >= 11 is 0. The number of hydrogen-bond acceptors (Lipinski definition) is 7. The molecule has 0 atom stereocenters. The zero-order chi connectivity index (χ0) is 26.6. The number of imidazole rings is 1. The van der Waals surface area contributed by atoms with Crippen LogP contribution in [0, 0.1) is 12.7 Å². The van der Waals surface area contributed by atoms with E-state index >= 15 is 4.39 Å². The van der Waals surface area contributed by atoms with Crippen LogP contribution in [-0.2, 0) is 11.8 Å². The third-order valence-electron chi connectivity index (χ3n) is 5.89. The van der Waals surface area contributed by atoms with Crippen LogP contribution in [0.4, 0.5) is 15.9 Å². The highest BCUT2D eigenvalue weighted by molar-refractivity contribution is 5.88. The number of halogens is 1. The molecule has 0 saturated heterocycles. The average Bonchev–Trinajstić information content (AvgIpc) is 3.30. The molecule has 2 aromatic carbocycles. The number of carbonyl (C=O) groups is 1. The fourth-order valence-electron chi connectivity index (χ4n) is 3.86. The van der Waals surface area contributed by atoms with Gasteiger partial charge in [-0.1, -0.05) is 12.7 Å². The molecule has 38 heavy (non-hydrogen) atoms. The minimum Gasteiger partial charge on any atom is -0.457 e. The van der Waals surface area contributed by atoms with Crippen molar-refractivity contribution >= 4 is 45.6 Å². The van der Waals surface area contributed by atoms with Gasteiger partial charge in [0.2, 0.25) is 5.91 Å². The Balaban J connectivity index is 1.37. The predicted octanol–water partition coefficient (Wildman–Crippen LogP) is 5.21. The third kappa shape index (κ3) is 5.05. The van der Waals surface area contributed by atoms with Gasteiger partial charge in [-0.25, -0.2) is 24.3 Å². The summed E-state index contributed by atoms with van der Waals surface area (Å²) in [6, 6.07) is 12.4. The molecular weight excluding hydrogens is 485 g/mol. The smallest absolute Gasteiger partial charge is 0.243 e. The highest BCUT2D eigenvalue weighted by Crippen LogP contribution is 2.33. The van der Waals surface area contributed by atoms with Gasteiger partial charge in [0, 0.05) is 25.2 Å². The lowest BCUT2D eigenvalue weighted by molar-refractivity contribution is -0.116. The average molecular weight is 510 g/mol. The lowest BCUT2D eigenvalue weighted by Gasteiger charge is -2.14. The first-order valence-corrected chi connectivity index (χ1v) is 11.8. The van der Waals surface area contributed by atoms with Crippen molar-refractivity contribution in [3.8, 4) is 11.5 Å². The van der Waals surface area contributed by atoms with Crippen LogP contribution in [0.5, 0.6) is 11.5 Å². The number of carbonyl (C=O) groups excluding carboxylic acids is 1. The van der Waals surface area contributed by atoms with E-state index in [1.54, 1.807) is 49.7 Å². The van der Waals surface area contributed by atoms with Gasteiger partial charge in [0.25, 0.3) is 0 Å². The maximum Gasteiger partial charge on any atom is 0.243 e. The van der Waals surface area contributed by atoms with Crippen LogP contribution in [0.15, 0.2) is 73.9 Å². The van der Waals surface area contributed by atoms with Crippen molar-refractivity contribution in [3.63, 3.8) is 0 Å². The molecule has 190 valence electrons. The SMILES string of the molecule is C=CC(=O)NC/C=C/c1ccc2ncnc(Nc3ccc(Oc4ccc5c(c4)ncn5C)c(C)c3F)c2n1. The van der Waals surface area contributed by atoms with Crippen molar-refractivity contribution in [1.82, 2.24) is 29.8 Å². The molecule has 0 unspecified atom stereocenters. The molecule has 0 aliphatic carbocycles. The molecule has 0 bridgehead atoms. The van der Waals surface area contributed by atoms with E-state index in [2.05, 4.69) is 37.1 Å². The van der Waals surface area contributed by atoms with E-state index in [9.17, 15) is 4.79 Å². The van der Waals surface area contributed by atoms with E-state index in [0.29, 0.717) is 46.2 Å². The lowest BCUT2D eigenvalue weighted by Crippen LogP contribution is -2.20. The second kappa shape index (κ2) is 10.5. The van der Waals surface area contributed by atoms with Gasteiger partial charge in [0.15, 0.2) is 11.6 Å². The molecule has 5 aromatic rings. The van der Waals surface area contributed by atoms with Crippen LogP contribution in [0.1, 0.15) is 11.3 Å². The molecule has 2 N–H and O–H groups in total. The molecule has 3 aromatic heterocycles. The number of ether oxygens (including phenoxy) is 1. The first-order chi connectivity index (χ1) is 18.4. The largest absolute Gasteiger partial charge is 0.457 e. The monoisotopic (exact) mass is 509 g/mol. The summed E-state index contributed by atoms with van der Waals surface area (Å²) in [5.74, 6) is 0.587. The van der Waals surface area contributed by atoms with Gasteiger partial charge in [-0.3, -0.25) is 4.79 Å². The number of nitrogens with one attached hydrogen (secondary N) is 2. The quantitative estimate of drug-likeness (QED) is 0.277. The Morgan fingerprint density at radius 1 is 1.13 bits per heavy atom. The van der Waals surface area contributed by atoms with Gasteiger partial charge < -0.3 is 19.9 Å². The predicted molar refractivity (Wildman–Crippen MR) is 145 cm³/mol. The summed E-state index contributed by atoms with van der Waals surface area (Å²) in [6.45, 7) is 5.40. The highest BCUT2D eigenvalue weighted by atomic mass is 19.1. The van der Waals surface area contributed by atoms with Crippen LogP contribution in [0.3, 0.4) is 0 Å². The van der Waals surface area contributed by atoms with Crippen LogP contribution in [0.25, 0.3) is 28.1 Å². The molecule has 5 rings (SSSR count). The molecule has 0 spiro atoms. The van der Waals surface area contributed by atoms with Crippen molar-refractivity contribution in [2.75, 3.05) is 11.9 Å². The Hall–Kier alpha value is -5.12. The van der Waals surface area contributed by atoms with Gasteiger partial charge in [0.1, 0.15) is 23.3 Å². The van der Waals surface area contributed by atoms with Crippen molar-refractivity contribution in [2.24, 2.45) is 7.05 Å². The highest BCUT2D eigenvalue weighted by Gasteiger charge is 2.15. The van der Waals surface area contributed by atoms with Crippen molar-refractivity contribution < 1.29 is 13.9 Å². The van der Waals surface area contributed by atoms with E-state index < -0.39 is 5.82 Å². The Morgan fingerprint density at radius 3 is 2.84 bits per heavy atom. The summed E-state index contributed by atoms with van der Waals surface area (Å²) in [4.78, 5) is 28.8. The number of rotatable bonds is 8. The molecule has 0 saturated carbocycles. The molecule has 0 aliphatic heterocycles. The number of nitrogens with zero attached hydrogens (tertiary/aromatic N) is 5. The van der Waals surface area contributed by atoms with Crippen molar-refractivity contribution in [1.29, 1.82) is 0 Å². The summed E-state index contributed by atoms with van der Waals surface area (Å²) < 4.78 is 23.3. The van der Waals surface area contributed by atoms with E-state index in [4.69, 9.17) is 4.74 Å². The molecule has 1 amide bonds. The third-order valence-corrected chi connectivity index (χ3v) is 5.89. The van der Waals surface area contributed by atoms with E-state index in [1.165, 1.54) is 12.4 Å². The minimum atomic E-state index is -0.470. The Kier molecular flexibility index (Phi) is 6.77. The zero-order valence-electron chi connectivity index (χ0n) is 20.8. The van der Waals surface area contributed by atoms with E-state index in [1.807, 2.05) is 29.8 Å². The van der Waals surface area contributed by atoms with E-state index in [0.717, 1.165) is 11.0 Å². The number of hydrogen-bond donors (Lipinski definition) is 2. The summed E-state index contributed by atoms with van der Waals surface area (Å²) in [6.07, 6.45) is 7.85. The van der Waals surface area contributed by atoms with Crippen LogP contribution >= 0.6 is 0 Å². The summed E-state index contributed by atoms with van der Waals surface area (Å²) in [5.41, 5.74) is 4.04. The van der Waals surface area contributed by atoms with Gasteiger partial charge >= 0.3 is 0 Å². The van der Waals surface area contributed by atoms with Gasteiger partial charge in [-0.05, 0) is 55.5 Å². The maximum atomic E-state index is 15.4. The Bertz CT molecular complexity index is 1710. The van der Waals surface area contributed by atoms with Gasteiger partial charge in [-0.15, -0.1) is 0 Å². The van der Waals surface area contributed by atoms with E-state index in [-0.39, 0.29) is 11.6 Å². The first-order valence-electron chi connectivity index (χ1n) is 11.8. The first kappa shape index (κ1) is 24.6. The molecule has 0 radical (unpaired) electrons. The topological polar surface area (TPSA) is 107 Å². The fraction of sp³-hybridized carbons (Fsp3) is 0.107. The minimum absolute atomic E-state index is 0.227. The molecular formula is C28H24FN7O2. The Labute approximate surface area is 217 Å². The van der Waals surface area contributed by atoms with Crippen molar-refractivity contribution in [3.05, 3.63) is 90.9 Å².